The molecule has 0 aliphatic heterocycles. The van der Waals surface area contributed by atoms with Gasteiger partial charge in [0.2, 0.25) is 5.89 Å². The first-order valence-electron chi connectivity index (χ1n) is 8.87. The lowest BCUT2D eigenvalue weighted by atomic mass is 10.1. The number of aromatic nitrogens is 3. The lowest BCUT2D eigenvalue weighted by molar-refractivity contribution is -0.144. The standard InChI is InChI=1S/C21H19BrN4O3/c1-12-9-16(13(2)26(12)19-7-5-18(22)6-8-19)10-17(11-23)21(27)28-14(3)20-25-24-15(4)29-20/h5-10,14H,1-4H3/b17-10-. The normalized spacial score (nSPS) is 12.5. The fraction of sp³-hybridized carbons (Fsp3) is 0.238. The highest BCUT2D eigenvalue weighted by atomic mass is 79.9. The molecule has 3 rings (SSSR count). The van der Waals surface area contributed by atoms with Gasteiger partial charge in [0.15, 0.2) is 6.10 Å². The van der Waals surface area contributed by atoms with Crippen molar-refractivity contribution in [1.82, 2.24) is 14.8 Å². The zero-order valence-electron chi connectivity index (χ0n) is 16.4. The van der Waals surface area contributed by atoms with E-state index in [4.69, 9.17) is 9.15 Å². The van der Waals surface area contributed by atoms with Crippen LogP contribution in [0.1, 0.15) is 41.8 Å². The Balaban J connectivity index is 1.87. The van der Waals surface area contributed by atoms with Crippen molar-refractivity contribution >= 4 is 28.0 Å². The fourth-order valence-corrected chi connectivity index (χ4v) is 3.23. The molecule has 29 heavy (non-hydrogen) atoms. The monoisotopic (exact) mass is 454 g/mol. The van der Waals surface area contributed by atoms with Crippen LogP contribution >= 0.6 is 15.9 Å². The van der Waals surface area contributed by atoms with Gasteiger partial charge in [-0.2, -0.15) is 5.26 Å². The molecule has 0 saturated carbocycles. The van der Waals surface area contributed by atoms with Crippen molar-refractivity contribution in [1.29, 1.82) is 5.26 Å². The van der Waals surface area contributed by atoms with E-state index in [1.807, 2.05) is 50.2 Å². The van der Waals surface area contributed by atoms with Gasteiger partial charge in [-0.15, -0.1) is 10.2 Å². The maximum Gasteiger partial charge on any atom is 0.349 e. The summed E-state index contributed by atoms with van der Waals surface area (Å²) in [5.74, 6) is -0.190. The summed E-state index contributed by atoms with van der Waals surface area (Å²) in [7, 11) is 0. The number of nitriles is 1. The number of ether oxygens (including phenoxy) is 1. The van der Waals surface area contributed by atoms with E-state index in [9.17, 15) is 10.1 Å². The summed E-state index contributed by atoms with van der Waals surface area (Å²) < 4.78 is 13.6. The summed E-state index contributed by atoms with van der Waals surface area (Å²) in [5.41, 5.74) is 3.54. The average Bonchev–Trinajstić information content (AvgIpc) is 3.23. The fourth-order valence-electron chi connectivity index (χ4n) is 2.96. The van der Waals surface area contributed by atoms with Crippen molar-refractivity contribution in [2.24, 2.45) is 0 Å². The second-order valence-corrected chi connectivity index (χ2v) is 7.43. The molecule has 0 spiro atoms. The van der Waals surface area contributed by atoms with Gasteiger partial charge < -0.3 is 13.7 Å². The van der Waals surface area contributed by atoms with Crippen LogP contribution in [-0.2, 0) is 9.53 Å². The molecule has 7 nitrogen and oxygen atoms in total. The molecule has 1 unspecified atom stereocenters. The van der Waals surface area contributed by atoms with Gasteiger partial charge in [-0.3, -0.25) is 0 Å². The number of hydrogen-bond acceptors (Lipinski definition) is 6. The van der Waals surface area contributed by atoms with Crippen LogP contribution in [0.4, 0.5) is 0 Å². The second-order valence-electron chi connectivity index (χ2n) is 6.51. The number of esters is 1. The van der Waals surface area contributed by atoms with E-state index in [1.165, 1.54) is 6.08 Å². The predicted octanol–water partition coefficient (Wildman–Crippen LogP) is 4.76. The summed E-state index contributed by atoms with van der Waals surface area (Å²) in [6.45, 7) is 7.16. The third-order valence-corrected chi connectivity index (χ3v) is 4.90. The van der Waals surface area contributed by atoms with Gasteiger partial charge in [0.1, 0.15) is 11.6 Å². The molecule has 0 radical (unpaired) electrons. The number of carbonyl (C=O) groups is 1. The minimum atomic E-state index is -0.754. The molecule has 2 heterocycles. The molecule has 8 heteroatoms. The number of hydrogen-bond donors (Lipinski definition) is 0. The molecule has 0 aliphatic rings. The van der Waals surface area contributed by atoms with Crippen LogP contribution in [0.3, 0.4) is 0 Å². The number of benzene rings is 1. The maximum absolute atomic E-state index is 12.5. The molecule has 0 aliphatic carbocycles. The summed E-state index contributed by atoms with van der Waals surface area (Å²) >= 11 is 3.43. The second kappa shape index (κ2) is 8.45. The number of rotatable bonds is 5. The van der Waals surface area contributed by atoms with Gasteiger partial charge >= 0.3 is 5.97 Å². The van der Waals surface area contributed by atoms with Gasteiger partial charge in [0.05, 0.1) is 0 Å². The number of carbonyl (C=O) groups excluding carboxylic acids is 1. The first kappa shape index (κ1) is 20.6. The molecule has 0 saturated heterocycles. The third-order valence-electron chi connectivity index (χ3n) is 4.37. The summed E-state index contributed by atoms with van der Waals surface area (Å²) in [5, 5.41) is 17.0. The van der Waals surface area contributed by atoms with Gasteiger partial charge in [-0.1, -0.05) is 15.9 Å². The zero-order chi connectivity index (χ0) is 21.1. The zero-order valence-corrected chi connectivity index (χ0v) is 18.0. The summed E-state index contributed by atoms with van der Waals surface area (Å²) in [6.07, 6.45) is 0.780. The number of nitrogens with zero attached hydrogens (tertiary/aromatic N) is 4. The van der Waals surface area contributed by atoms with Gasteiger partial charge in [0.25, 0.3) is 5.89 Å². The topological polar surface area (TPSA) is 93.9 Å². The highest BCUT2D eigenvalue weighted by molar-refractivity contribution is 9.10. The van der Waals surface area contributed by atoms with Crippen LogP contribution in [0.25, 0.3) is 11.8 Å². The minimum Gasteiger partial charge on any atom is -0.448 e. The molecule has 0 amide bonds. The van der Waals surface area contributed by atoms with Crippen molar-refractivity contribution in [3.63, 3.8) is 0 Å². The molecule has 148 valence electrons. The number of halogens is 1. The van der Waals surface area contributed by atoms with Crippen LogP contribution < -0.4 is 0 Å². The van der Waals surface area contributed by atoms with E-state index in [1.54, 1.807) is 13.8 Å². The first-order valence-corrected chi connectivity index (χ1v) is 9.67. The Hall–Kier alpha value is -3.18. The van der Waals surface area contributed by atoms with Gasteiger partial charge in [0, 0.05) is 28.5 Å². The third kappa shape index (κ3) is 4.46. The first-order chi connectivity index (χ1) is 13.8. The Bertz CT molecular complexity index is 1120. The molecule has 0 fully saturated rings. The van der Waals surface area contributed by atoms with Crippen LogP contribution in [0, 0.1) is 32.1 Å². The number of aryl methyl sites for hydroxylation is 2. The Kier molecular flexibility index (Phi) is 5.99. The molecule has 0 N–H and O–H groups in total. The lowest BCUT2D eigenvalue weighted by Gasteiger charge is -2.10. The van der Waals surface area contributed by atoms with E-state index < -0.39 is 12.1 Å². The largest absolute Gasteiger partial charge is 0.448 e. The molecule has 1 atom stereocenters. The Labute approximate surface area is 176 Å². The molecule has 2 aromatic heterocycles. The van der Waals surface area contributed by atoms with Gasteiger partial charge in [-0.05, 0) is 62.7 Å². The van der Waals surface area contributed by atoms with E-state index in [-0.39, 0.29) is 11.5 Å². The van der Waals surface area contributed by atoms with E-state index in [2.05, 4.69) is 30.7 Å². The molecule has 3 aromatic rings. The van der Waals surface area contributed by atoms with Crippen LogP contribution in [0.5, 0.6) is 0 Å². The summed E-state index contributed by atoms with van der Waals surface area (Å²) in [6, 6.07) is 11.7. The van der Waals surface area contributed by atoms with Crippen molar-refractivity contribution in [3.05, 3.63) is 69.1 Å². The molecular formula is C21H19BrN4O3. The van der Waals surface area contributed by atoms with E-state index in [0.29, 0.717) is 5.89 Å². The van der Waals surface area contributed by atoms with Crippen molar-refractivity contribution in [2.45, 2.75) is 33.8 Å². The lowest BCUT2D eigenvalue weighted by Crippen LogP contribution is -2.11. The quantitative estimate of drug-likeness (QED) is 0.313. The van der Waals surface area contributed by atoms with Crippen molar-refractivity contribution < 1.29 is 13.9 Å². The van der Waals surface area contributed by atoms with E-state index >= 15 is 0 Å². The average molecular weight is 455 g/mol. The van der Waals surface area contributed by atoms with Crippen molar-refractivity contribution in [2.75, 3.05) is 0 Å². The highest BCUT2D eigenvalue weighted by Gasteiger charge is 2.21. The van der Waals surface area contributed by atoms with Crippen LogP contribution in [0.2, 0.25) is 0 Å². The van der Waals surface area contributed by atoms with Crippen LogP contribution in [-0.4, -0.2) is 20.7 Å². The van der Waals surface area contributed by atoms with Crippen LogP contribution in [0.15, 0.2) is 44.8 Å². The Morgan fingerprint density at radius 1 is 1.28 bits per heavy atom. The molecule has 1 aromatic carbocycles. The van der Waals surface area contributed by atoms with E-state index in [0.717, 1.165) is 27.1 Å². The Morgan fingerprint density at radius 2 is 1.97 bits per heavy atom. The Morgan fingerprint density at radius 3 is 2.55 bits per heavy atom. The molecule has 0 bridgehead atoms. The SMILES string of the molecule is Cc1nnc(C(C)OC(=O)/C(C#N)=C\c2cc(C)n(-c3ccc(Br)cc3)c2C)o1. The van der Waals surface area contributed by atoms with Crippen molar-refractivity contribution in [3.8, 4) is 11.8 Å². The molecular weight excluding hydrogens is 436 g/mol. The smallest absolute Gasteiger partial charge is 0.349 e. The van der Waals surface area contributed by atoms with Gasteiger partial charge in [-0.25, -0.2) is 4.79 Å². The predicted molar refractivity (Wildman–Crippen MR) is 110 cm³/mol. The minimum absolute atomic E-state index is 0.107. The maximum atomic E-state index is 12.5. The summed E-state index contributed by atoms with van der Waals surface area (Å²) in [4.78, 5) is 12.5. The highest BCUT2D eigenvalue weighted by Crippen LogP contribution is 2.25.